The summed E-state index contributed by atoms with van der Waals surface area (Å²) in [4.78, 5) is 11.6. The maximum absolute atomic E-state index is 11.6. The molecule has 5 atom stereocenters. The van der Waals surface area contributed by atoms with Gasteiger partial charge >= 0.3 is 5.97 Å². The van der Waals surface area contributed by atoms with E-state index in [-0.39, 0.29) is 23.2 Å². The van der Waals surface area contributed by atoms with Crippen LogP contribution in [-0.2, 0) is 9.53 Å². The fourth-order valence-electron chi connectivity index (χ4n) is 3.96. The molecule has 0 spiro atoms. The molecule has 0 aromatic rings. The molecule has 1 N–H and O–H groups in total. The summed E-state index contributed by atoms with van der Waals surface area (Å²) in [5, 5.41) is 11.3. The van der Waals surface area contributed by atoms with Crippen molar-refractivity contribution in [1.82, 2.24) is 0 Å². The van der Waals surface area contributed by atoms with Gasteiger partial charge in [-0.2, -0.15) is 0 Å². The van der Waals surface area contributed by atoms with Gasteiger partial charge in [0.05, 0.1) is 0 Å². The number of aliphatic hydroxyl groups is 1. The minimum Gasteiger partial charge on any atom is -0.455 e. The molecular weight excluding hydrogens is 312 g/mol. The lowest BCUT2D eigenvalue weighted by molar-refractivity contribution is -0.164. The van der Waals surface area contributed by atoms with Crippen molar-refractivity contribution >= 4 is 5.97 Å². The normalized spacial score (nSPS) is 30.7. The van der Waals surface area contributed by atoms with Crippen molar-refractivity contribution in [2.24, 2.45) is 23.2 Å². The lowest BCUT2D eigenvalue weighted by Gasteiger charge is -2.48. The molecule has 0 aromatic heterocycles. The van der Waals surface area contributed by atoms with Crippen molar-refractivity contribution in [2.75, 3.05) is 0 Å². The Morgan fingerprint density at radius 2 is 1.96 bits per heavy atom. The van der Waals surface area contributed by atoms with Gasteiger partial charge in [-0.3, -0.25) is 4.79 Å². The molecule has 0 heterocycles. The lowest BCUT2D eigenvalue weighted by Crippen LogP contribution is -2.50. The molecular formula is C22H36O3. The van der Waals surface area contributed by atoms with E-state index in [1.165, 1.54) is 6.92 Å². The van der Waals surface area contributed by atoms with Gasteiger partial charge in [0.1, 0.15) is 11.7 Å². The van der Waals surface area contributed by atoms with Crippen LogP contribution in [-0.4, -0.2) is 22.8 Å². The molecule has 3 heteroatoms. The minimum absolute atomic E-state index is 0.00309. The first-order chi connectivity index (χ1) is 11.4. The molecule has 5 unspecified atom stereocenters. The van der Waals surface area contributed by atoms with E-state index < -0.39 is 11.7 Å². The highest BCUT2D eigenvalue weighted by molar-refractivity contribution is 5.66. The van der Waals surface area contributed by atoms with Crippen LogP contribution in [0.1, 0.15) is 60.8 Å². The third-order valence-corrected chi connectivity index (χ3v) is 5.78. The molecule has 0 bridgehead atoms. The molecule has 25 heavy (non-hydrogen) atoms. The van der Waals surface area contributed by atoms with Crippen molar-refractivity contribution in [1.29, 1.82) is 0 Å². The predicted octanol–water partition coefficient (Wildman–Crippen LogP) is 5.07. The third kappa shape index (κ3) is 5.31. The summed E-state index contributed by atoms with van der Waals surface area (Å²) in [6, 6.07) is 0. The zero-order valence-electron chi connectivity index (χ0n) is 16.8. The van der Waals surface area contributed by atoms with E-state index in [9.17, 15) is 9.90 Å². The van der Waals surface area contributed by atoms with E-state index in [1.54, 1.807) is 6.92 Å². The summed E-state index contributed by atoms with van der Waals surface area (Å²) >= 11 is 0. The Kier molecular flexibility index (Phi) is 7.25. The molecule has 1 saturated carbocycles. The van der Waals surface area contributed by atoms with Crippen molar-refractivity contribution in [3.05, 3.63) is 37.0 Å². The molecule has 1 fully saturated rings. The van der Waals surface area contributed by atoms with Gasteiger partial charge in [0.2, 0.25) is 0 Å². The minimum atomic E-state index is -1.12. The quantitative estimate of drug-likeness (QED) is 0.516. The van der Waals surface area contributed by atoms with E-state index in [0.29, 0.717) is 5.92 Å². The fourth-order valence-corrected chi connectivity index (χ4v) is 3.96. The topological polar surface area (TPSA) is 46.5 Å². The van der Waals surface area contributed by atoms with Gasteiger partial charge in [-0.05, 0) is 62.4 Å². The average molecular weight is 349 g/mol. The molecule has 1 aliphatic carbocycles. The van der Waals surface area contributed by atoms with Crippen molar-refractivity contribution in [3.8, 4) is 0 Å². The van der Waals surface area contributed by atoms with Gasteiger partial charge in [0, 0.05) is 6.92 Å². The second-order valence-electron chi connectivity index (χ2n) is 8.46. The molecule has 0 aromatic carbocycles. The second kappa shape index (κ2) is 8.35. The Bertz CT molecular complexity index is 529. The van der Waals surface area contributed by atoms with Crippen LogP contribution in [0.15, 0.2) is 37.0 Å². The fraction of sp³-hybridized carbons (Fsp3) is 0.682. The Morgan fingerprint density at radius 1 is 1.36 bits per heavy atom. The summed E-state index contributed by atoms with van der Waals surface area (Å²) in [5.74, 6) is 0.250. The highest BCUT2D eigenvalue weighted by atomic mass is 16.6. The van der Waals surface area contributed by atoms with Crippen molar-refractivity contribution in [2.45, 2.75) is 72.5 Å². The van der Waals surface area contributed by atoms with Crippen LogP contribution in [0.5, 0.6) is 0 Å². The van der Waals surface area contributed by atoms with Crippen LogP contribution in [0.4, 0.5) is 0 Å². The Labute approximate surface area is 153 Å². The molecule has 0 saturated heterocycles. The van der Waals surface area contributed by atoms with Gasteiger partial charge in [0.25, 0.3) is 0 Å². The van der Waals surface area contributed by atoms with Crippen molar-refractivity contribution in [3.63, 3.8) is 0 Å². The highest BCUT2D eigenvalue weighted by Gasteiger charge is 2.47. The van der Waals surface area contributed by atoms with Crippen LogP contribution in [0, 0.1) is 23.2 Å². The van der Waals surface area contributed by atoms with Gasteiger partial charge in [0.15, 0.2) is 0 Å². The number of hydrogen-bond acceptors (Lipinski definition) is 3. The SMILES string of the molecule is C=CC1(C)CCC(C(C)(O)C(/C=C/C(C)C)OC(C)=O)CC1C(=C)C. The van der Waals surface area contributed by atoms with Gasteiger partial charge in [-0.1, -0.05) is 45.1 Å². The van der Waals surface area contributed by atoms with Crippen LogP contribution in [0.2, 0.25) is 0 Å². The molecule has 0 radical (unpaired) electrons. The Morgan fingerprint density at radius 3 is 2.40 bits per heavy atom. The number of carbonyl (C=O) groups excluding carboxylic acids is 1. The largest absolute Gasteiger partial charge is 0.455 e. The van der Waals surface area contributed by atoms with E-state index in [0.717, 1.165) is 24.8 Å². The summed E-state index contributed by atoms with van der Waals surface area (Å²) in [6.45, 7) is 19.7. The first kappa shape index (κ1) is 21.7. The highest BCUT2D eigenvalue weighted by Crippen LogP contribution is 2.50. The summed E-state index contributed by atoms with van der Waals surface area (Å²) < 4.78 is 5.47. The standard InChI is InChI=1S/C22H36O3/c1-9-21(7)13-12-18(14-19(21)16(4)5)22(8,24)20(25-17(6)23)11-10-15(2)3/h9-11,15,18-20,24H,1,4,12-14H2,2-3,5-8H3/b11-10+. The summed E-state index contributed by atoms with van der Waals surface area (Å²) in [7, 11) is 0. The number of ether oxygens (including phenoxy) is 1. The first-order valence-electron chi connectivity index (χ1n) is 9.31. The third-order valence-electron chi connectivity index (χ3n) is 5.78. The van der Waals surface area contributed by atoms with Gasteiger partial charge < -0.3 is 9.84 Å². The Hall–Kier alpha value is -1.35. The molecule has 3 nitrogen and oxygen atoms in total. The van der Waals surface area contributed by atoms with E-state index >= 15 is 0 Å². The second-order valence-corrected chi connectivity index (χ2v) is 8.46. The van der Waals surface area contributed by atoms with Gasteiger partial charge in [-0.25, -0.2) is 0 Å². The number of rotatable bonds is 7. The van der Waals surface area contributed by atoms with E-state index in [4.69, 9.17) is 4.74 Å². The number of carbonyl (C=O) groups is 1. The van der Waals surface area contributed by atoms with Crippen LogP contribution in [0.25, 0.3) is 0 Å². The van der Waals surface area contributed by atoms with Crippen LogP contribution < -0.4 is 0 Å². The van der Waals surface area contributed by atoms with E-state index in [2.05, 4.69) is 33.9 Å². The van der Waals surface area contributed by atoms with Gasteiger partial charge in [-0.15, -0.1) is 6.58 Å². The molecule has 0 aliphatic heterocycles. The first-order valence-corrected chi connectivity index (χ1v) is 9.31. The predicted molar refractivity (Wildman–Crippen MR) is 104 cm³/mol. The van der Waals surface area contributed by atoms with Crippen LogP contribution in [0.3, 0.4) is 0 Å². The molecule has 142 valence electrons. The maximum Gasteiger partial charge on any atom is 0.303 e. The molecule has 1 rings (SSSR count). The number of esters is 1. The molecule has 0 amide bonds. The van der Waals surface area contributed by atoms with E-state index in [1.807, 2.05) is 25.2 Å². The number of hydrogen-bond donors (Lipinski definition) is 1. The average Bonchev–Trinajstić information content (AvgIpc) is 2.50. The Balaban J connectivity index is 3.10. The van der Waals surface area contributed by atoms with Crippen LogP contribution >= 0.6 is 0 Å². The smallest absolute Gasteiger partial charge is 0.303 e. The summed E-state index contributed by atoms with van der Waals surface area (Å²) in [5.41, 5.74) is 0.000717. The zero-order valence-corrected chi connectivity index (χ0v) is 16.8. The monoisotopic (exact) mass is 348 g/mol. The van der Waals surface area contributed by atoms with Crippen molar-refractivity contribution < 1.29 is 14.6 Å². The molecule has 1 aliphatic rings. The summed E-state index contributed by atoms with van der Waals surface area (Å²) in [6.07, 6.45) is 7.83. The maximum atomic E-state index is 11.6. The number of allylic oxidation sites excluding steroid dienone is 3. The zero-order chi connectivity index (χ0) is 19.4. The lowest BCUT2D eigenvalue weighted by atomic mass is 9.59.